The zero-order valence-corrected chi connectivity index (χ0v) is 13.7. The Hall–Kier alpha value is -2.08. The Balaban J connectivity index is 1.44. The Morgan fingerprint density at radius 1 is 1.39 bits per heavy atom. The van der Waals surface area contributed by atoms with Crippen molar-refractivity contribution in [3.8, 4) is 11.5 Å². The summed E-state index contributed by atoms with van der Waals surface area (Å²) in [5.74, 6) is 1.47. The van der Waals surface area contributed by atoms with Crippen molar-refractivity contribution in [1.82, 2.24) is 10.3 Å². The molecule has 23 heavy (non-hydrogen) atoms. The van der Waals surface area contributed by atoms with E-state index in [9.17, 15) is 4.79 Å². The lowest BCUT2D eigenvalue weighted by Gasteiger charge is -2.22. The second kappa shape index (κ2) is 5.85. The zero-order chi connectivity index (χ0) is 15.8. The third-order valence-electron chi connectivity index (χ3n) is 4.20. The molecule has 2 aromatic rings. The first kappa shape index (κ1) is 14.5. The highest BCUT2D eigenvalue weighted by molar-refractivity contribution is 7.11. The normalized spacial score (nSPS) is 18.6. The number of ether oxygens (including phenoxy) is 2. The molecule has 0 radical (unpaired) electrons. The van der Waals surface area contributed by atoms with E-state index < -0.39 is 0 Å². The van der Waals surface area contributed by atoms with Gasteiger partial charge in [-0.05, 0) is 43.9 Å². The van der Waals surface area contributed by atoms with Crippen LogP contribution in [0.4, 0.5) is 0 Å². The van der Waals surface area contributed by atoms with Crippen LogP contribution in [0.2, 0.25) is 0 Å². The maximum atomic E-state index is 12.4. The minimum atomic E-state index is 0.0207. The molecule has 1 amide bonds. The summed E-state index contributed by atoms with van der Waals surface area (Å²) in [6.45, 7) is 2.27. The van der Waals surface area contributed by atoms with Gasteiger partial charge in [-0.1, -0.05) is 6.07 Å². The van der Waals surface area contributed by atoms with Crippen molar-refractivity contribution in [3.63, 3.8) is 0 Å². The highest BCUT2D eigenvalue weighted by atomic mass is 32.1. The molecule has 1 aliphatic carbocycles. The summed E-state index contributed by atoms with van der Waals surface area (Å²) in [5, 5.41) is 4.21. The number of aromatic nitrogens is 1. The van der Waals surface area contributed by atoms with Crippen LogP contribution < -0.4 is 14.8 Å². The topological polar surface area (TPSA) is 60.5 Å². The molecule has 1 atom stereocenters. The van der Waals surface area contributed by atoms with Crippen LogP contribution in [0.3, 0.4) is 0 Å². The van der Waals surface area contributed by atoms with Crippen molar-refractivity contribution in [1.29, 1.82) is 0 Å². The third kappa shape index (κ3) is 2.91. The summed E-state index contributed by atoms with van der Waals surface area (Å²) >= 11 is 1.75. The molecule has 2 aliphatic rings. The lowest BCUT2D eigenvalue weighted by molar-refractivity contribution is -0.121. The largest absolute Gasteiger partial charge is 0.454 e. The van der Waals surface area contributed by atoms with Gasteiger partial charge in [-0.25, -0.2) is 4.98 Å². The summed E-state index contributed by atoms with van der Waals surface area (Å²) < 4.78 is 10.6. The monoisotopic (exact) mass is 330 g/mol. The Kier molecular flexibility index (Phi) is 3.69. The number of carbonyl (C=O) groups is 1. The van der Waals surface area contributed by atoms with Gasteiger partial charge in [-0.15, -0.1) is 11.3 Å². The summed E-state index contributed by atoms with van der Waals surface area (Å²) in [6.07, 6.45) is 3.48. The van der Waals surface area contributed by atoms with E-state index >= 15 is 0 Å². The fourth-order valence-electron chi connectivity index (χ4n) is 3.16. The third-order valence-corrected chi connectivity index (χ3v) is 5.24. The van der Waals surface area contributed by atoms with Gasteiger partial charge in [0.15, 0.2) is 11.5 Å². The molecular weight excluding hydrogens is 312 g/mol. The van der Waals surface area contributed by atoms with Crippen molar-refractivity contribution in [2.75, 3.05) is 6.79 Å². The number of hydrogen-bond donors (Lipinski definition) is 1. The van der Waals surface area contributed by atoms with Crippen molar-refractivity contribution < 1.29 is 14.3 Å². The van der Waals surface area contributed by atoms with Gasteiger partial charge in [0.2, 0.25) is 12.7 Å². The molecule has 1 aliphatic heterocycles. The van der Waals surface area contributed by atoms with E-state index in [1.165, 1.54) is 4.88 Å². The smallest absolute Gasteiger partial charge is 0.231 e. The average molecular weight is 330 g/mol. The summed E-state index contributed by atoms with van der Waals surface area (Å²) in [5.41, 5.74) is 2.00. The molecule has 0 saturated heterocycles. The van der Waals surface area contributed by atoms with E-state index in [2.05, 4.69) is 10.3 Å². The minimum Gasteiger partial charge on any atom is -0.454 e. The minimum absolute atomic E-state index is 0.0207. The van der Waals surface area contributed by atoms with Crippen LogP contribution in [0.25, 0.3) is 0 Å². The molecule has 4 rings (SSSR count). The first-order valence-electron chi connectivity index (χ1n) is 7.83. The number of aryl methyl sites for hydroxylation is 2. The first-order chi connectivity index (χ1) is 11.2. The lowest BCUT2D eigenvalue weighted by Crippen LogP contribution is -2.32. The number of fused-ring (bicyclic) bond motifs is 2. The lowest BCUT2D eigenvalue weighted by atomic mass is 9.97. The Morgan fingerprint density at radius 3 is 3.17 bits per heavy atom. The molecule has 120 valence electrons. The number of rotatable bonds is 3. The Bertz CT molecular complexity index is 756. The van der Waals surface area contributed by atoms with Gasteiger partial charge in [-0.3, -0.25) is 4.79 Å². The van der Waals surface area contributed by atoms with E-state index in [0.29, 0.717) is 12.2 Å². The number of benzene rings is 1. The predicted octanol–water partition coefficient (Wildman–Crippen LogP) is 2.92. The number of nitrogens with zero attached hydrogens (tertiary/aromatic N) is 1. The van der Waals surface area contributed by atoms with Crippen molar-refractivity contribution in [2.45, 2.75) is 38.6 Å². The van der Waals surface area contributed by atoms with Crippen molar-refractivity contribution >= 4 is 17.2 Å². The second-order valence-corrected chi connectivity index (χ2v) is 7.21. The molecular formula is C17H18N2O3S. The first-order valence-corrected chi connectivity index (χ1v) is 8.65. The molecule has 1 aromatic heterocycles. The summed E-state index contributed by atoms with van der Waals surface area (Å²) in [7, 11) is 0. The number of hydrogen-bond acceptors (Lipinski definition) is 5. The maximum Gasteiger partial charge on any atom is 0.231 e. The molecule has 0 bridgehead atoms. The molecule has 0 unspecified atom stereocenters. The van der Waals surface area contributed by atoms with Gasteiger partial charge >= 0.3 is 0 Å². The maximum absolute atomic E-state index is 12.4. The summed E-state index contributed by atoms with van der Waals surface area (Å²) in [6, 6.07) is 5.69. The predicted molar refractivity (Wildman–Crippen MR) is 86.9 cm³/mol. The standard InChI is InChI=1S/C17H18N2O3S/c1-10-18-17-12(3-2-4-15(17)23-10)19-16(20)8-11-5-6-13-14(7-11)22-9-21-13/h5-7,12H,2-4,8-9H2,1H3,(H,19,20)/t12-/m0/s1. The molecule has 0 saturated carbocycles. The highest BCUT2D eigenvalue weighted by Crippen LogP contribution is 2.34. The highest BCUT2D eigenvalue weighted by Gasteiger charge is 2.25. The Labute approximate surface area is 138 Å². The Morgan fingerprint density at radius 2 is 2.26 bits per heavy atom. The van der Waals surface area contributed by atoms with Gasteiger partial charge in [0.05, 0.1) is 23.2 Å². The number of nitrogens with one attached hydrogen (secondary N) is 1. The van der Waals surface area contributed by atoms with E-state index in [-0.39, 0.29) is 18.7 Å². The average Bonchev–Trinajstić information content (AvgIpc) is 3.12. The van der Waals surface area contributed by atoms with Gasteiger partial charge < -0.3 is 14.8 Å². The van der Waals surface area contributed by atoms with E-state index in [4.69, 9.17) is 9.47 Å². The molecule has 2 heterocycles. The van der Waals surface area contributed by atoms with Crippen LogP contribution in [0.15, 0.2) is 18.2 Å². The van der Waals surface area contributed by atoms with Crippen LogP contribution in [0.5, 0.6) is 11.5 Å². The van der Waals surface area contributed by atoms with Gasteiger partial charge in [-0.2, -0.15) is 0 Å². The fraction of sp³-hybridized carbons (Fsp3) is 0.412. The molecule has 5 nitrogen and oxygen atoms in total. The molecule has 1 aromatic carbocycles. The van der Waals surface area contributed by atoms with Gasteiger partial charge in [0.1, 0.15) is 0 Å². The second-order valence-electron chi connectivity index (χ2n) is 5.92. The quantitative estimate of drug-likeness (QED) is 0.940. The number of thiazole rings is 1. The van der Waals surface area contributed by atoms with Crippen LogP contribution in [0, 0.1) is 6.92 Å². The van der Waals surface area contributed by atoms with Crippen LogP contribution in [-0.2, 0) is 17.6 Å². The molecule has 0 fully saturated rings. The van der Waals surface area contributed by atoms with Crippen LogP contribution >= 0.6 is 11.3 Å². The zero-order valence-electron chi connectivity index (χ0n) is 12.9. The molecule has 6 heteroatoms. The summed E-state index contributed by atoms with van der Waals surface area (Å²) in [4.78, 5) is 18.3. The van der Waals surface area contributed by atoms with Crippen molar-refractivity contribution in [2.24, 2.45) is 0 Å². The SMILES string of the molecule is Cc1nc2c(s1)CCC[C@@H]2NC(=O)Cc1ccc2c(c1)OCO2. The molecule has 0 spiro atoms. The van der Waals surface area contributed by atoms with Crippen LogP contribution in [0.1, 0.15) is 40.0 Å². The van der Waals surface area contributed by atoms with Gasteiger partial charge in [0, 0.05) is 4.88 Å². The van der Waals surface area contributed by atoms with E-state index in [1.54, 1.807) is 11.3 Å². The van der Waals surface area contributed by atoms with Crippen LogP contribution in [-0.4, -0.2) is 17.7 Å². The number of carbonyl (C=O) groups excluding carboxylic acids is 1. The number of amides is 1. The van der Waals surface area contributed by atoms with Gasteiger partial charge in [0.25, 0.3) is 0 Å². The molecule has 1 N–H and O–H groups in total. The fourth-order valence-corrected chi connectivity index (χ4v) is 4.20. The van der Waals surface area contributed by atoms with Crippen molar-refractivity contribution in [3.05, 3.63) is 39.3 Å². The van der Waals surface area contributed by atoms with E-state index in [1.807, 2.05) is 25.1 Å². The van der Waals surface area contributed by atoms with E-state index in [0.717, 1.165) is 41.3 Å².